The van der Waals surface area contributed by atoms with Crippen LogP contribution in [0.5, 0.6) is 0 Å². The van der Waals surface area contributed by atoms with Crippen LogP contribution in [0.3, 0.4) is 0 Å². The lowest BCUT2D eigenvalue weighted by Gasteiger charge is -2.08. The Morgan fingerprint density at radius 1 is 1.48 bits per heavy atom. The minimum atomic E-state index is -0.185. The quantitative estimate of drug-likeness (QED) is 0.750. The predicted octanol–water partition coefficient (Wildman–Crippen LogP) is 1.67. The van der Waals surface area contributed by atoms with E-state index >= 15 is 0 Å². The standard InChI is InChI=1S/C12H18N4O2S.2ClH/c1-8(17)15-12-16-10(7-19-12)11(18)14-5-3-9-2-4-13-6-9;;/h7,9,13H,2-6H2,1H3,(H,14,18)(H,15,16,17);2*1H. The van der Waals surface area contributed by atoms with Crippen molar-refractivity contribution in [2.45, 2.75) is 19.8 Å². The zero-order chi connectivity index (χ0) is 13.7. The van der Waals surface area contributed by atoms with Crippen LogP contribution in [0.25, 0.3) is 0 Å². The van der Waals surface area contributed by atoms with Gasteiger partial charge in [0.15, 0.2) is 5.13 Å². The molecule has 1 aromatic rings. The van der Waals surface area contributed by atoms with Crippen LogP contribution in [-0.4, -0.2) is 36.4 Å². The summed E-state index contributed by atoms with van der Waals surface area (Å²) in [4.78, 5) is 26.7. The smallest absolute Gasteiger partial charge is 0.270 e. The number of carbonyl (C=O) groups is 2. The van der Waals surface area contributed by atoms with Crippen LogP contribution >= 0.6 is 36.2 Å². The molecule has 1 aromatic heterocycles. The number of anilines is 1. The number of nitrogens with one attached hydrogen (secondary N) is 3. The summed E-state index contributed by atoms with van der Waals surface area (Å²) in [5, 5.41) is 10.8. The Morgan fingerprint density at radius 3 is 2.86 bits per heavy atom. The molecule has 0 spiro atoms. The number of hydrogen-bond donors (Lipinski definition) is 3. The molecule has 0 aliphatic carbocycles. The van der Waals surface area contributed by atoms with Gasteiger partial charge in [-0.15, -0.1) is 36.2 Å². The molecule has 1 saturated heterocycles. The van der Waals surface area contributed by atoms with E-state index in [1.54, 1.807) is 5.38 Å². The second kappa shape index (κ2) is 9.94. The molecule has 2 rings (SSSR count). The van der Waals surface area contributed by atoms with Crippen LogP contribution in [0.2, 0.25) is 0 Å². The normalized spacial score (nSPS) is 16.5. The first-order valence-corrected chi connectivity index (χ1v) is 7.25. The van der Waals surface area contributed by atoms with Crippen molar-refractivity contribution in [3.63, 3.8) is 0 Å². The molecular formula is C12H20Cl2N4O2S. The van der Waals surface area contributed by atoms with Crippen LogP contribution < -0.4 is 16.0 Å². The summed E-state index contributed by atoms with van der Waals surface area (Å²) < 4.78 is 0. The summed E-state index contributed by atoms with van der Waals surface area (Å²) in [7, 11) is 0. The highest BCUT2D eigenvalue weighted by molar-refractivity contribution is 7.14. The maximum atomic E-state index is 11.8. The van der Waals surface area contributed by atoms with E-state index < -0.39 is 0 Å². The first-order chi connectivity index (χ1) is 9.15. The maximum Gasteiger partial charge on any atom is 0.270 e. The summed E-state index contributed by atoms with van der Waals surface area (Å²) in [6, 6.07) is 0. The number of halogens is 2. The third-order valence-electron chi connectivity index (χ3n) is 3.02. The van der Waals surface area contributed by atoms with Crippen molar-refractivity contribution in [3.05, 3.63) is 11.1 Å². The lowest BCUT2D eigenvalue weighted by atomic mass is 10.1. The topological polar surface area (TPSA) is 83.1 Å². The number of carbonyl (C=O) groups excluding carboxylic acids is 2. The summed E-state index contributed by atoms with van der Waals surface area (Å²) >= 11 is 1.25. The van der Waals surface area contributed by atoms with Gasteiger partial charge in [0.05, 0.1) is 0 Å². The van der Waals surface area contributed by atoms with E-state index in [4.69, 9.17) is 0 Å². The average molecular weight is 355 g/mol. The first-order valence-electron chi connectivity index (χ1n) is 6.37. The molecule has 0 bridgehead atoms. The van der Waals surface area contributed by atoms with Crippen molar-refractivity contribution in [2.24, 2.45) is 5.92 Å². The van der Waals surface area contributed by atoms with E-state index in [0.29, 0.717) is 23.3 Å². The van der Waals surface area contributed by atoms with Crippen LogP contribution in [0.1, 0.15) is 30.3 Å². The number of thiazole rings is 1. The molecule has 1 fully saturated rings. The van der Waals surface area contributed by atoms with Crippen LogP contribution in [-0.2, 0) is 4.79 Å². The molecule has 2 amide bonds. The molecule has 1 unspecified atom stereocenters. The fourth-order valence-corrected chi connectivity index (χ4v) is 2.76. The Hall–Kier alpha value is -0.890. The summed E-state index contributed by atoms with van der Waals surface area (Å²) in [6.07, 6.45) is 2.17. The molecule has 3 N–H and O–H groups in total. The molecule has 9 heteroatoms. The molecule has 1 aliphatic heterocycles. The van der Waals surface area contributed by atoms with Crippen molar-refractivity contribution < 1.29 is 9.59 Å². The zero-order valence-corrected chi connectivity index (χ0v) is 14.1. The van der Waals surface area contributed by atoms with Gasteiger partial charge in [-0.1, -0.05) is 0 Å². The Labute approximate surface area is 140 Å². The van der Waals surface area contributed by atoms with Gasteiger partial charge < -0.3 is 16.0 Å². The van der Waals surface area contributed by atoms with Gasteiger partial charge in [0.25, 0.3) is 5.91 Å². The van der Waals surface area contributed by atoms with E-state index in [9.17, 15) is 9.59 Å². The van der Waals surface area contributed by atoms with Crippen LogP contribution in [0, 0.1) is 5.92 Å². The molecule has 1 aliphatic rings. The summed E-state index contributed by atoms with van der Waals surface area (Å²) in [5.41, 5.74) is 0.360. The van der Waals surface area contributed by atoms with E-state index in [2.05, 4.69) is 20.9 Å². The minimum Gasteiger partial charge on any atom is -0.351 e. The zero-order valence-electron chi connectivity index (χ0n) is 11.7. The Kier molecular flexibility index (Phi) is 9.52. The first kappa shape index (κ1) is 20.1. The highest BCUT2D eigenvalue weighted by Gasteiger charge is 2.15. The van der Waals surface area contributed by atoms with Gasteiger partial charge in [-0.05, 0) is 31.8 Å². The molecule has 0 saturated carbocycles. The molecule has 0 radical (unpaired) electrons. The van der Waals surface area contributed by atoms with E-state index in [-0.39, 0.29) is 36.6 Å². The van der Waals surface area contributed by atoms with Gasteiger partial charge in [-0.3, -0.25) is 9.59 Å². The molecule has 0 aromatic carbocycles. The number of hydrogen-bond acceptors (Lipinski definition) is 5. The van der Waals surface area contributed by atoms with Gasteiger partial charge >= 0.3 is 0 Å². The minimum absolute atomic E-state index is 0. The van der Waals surface area contributed by atoms with E-state index in [0.717, 1.165) is 19.5 Å². The largest absolute Gasteiger partial charge is 0.351 e. The molecule has 120 valence electrons. The summed E-state index contributed by atoms with van der Waals surface area (Å²) in [5.74, 6) is 0.291. The van der Waals surface area contributed by atoms with Crippen LogP contribution in [0.15, 0.2) is 5.38 Å². The Balaban J connectivity index is 0.00000200. The van der Waals surface area contributed by atoms with Gasteiger partial charge in [0.1, 0.15) is 5.69 Å². The fourth-order valence-electron chi connectivity index (χ4n) is 2.03. The van der Waals surface area contributed by atoms with Crippen molar-refractivity contribution in [1.29, 1.82) is 0 Å². The Morgan fingerprint density at radius 2 is 2.24 bits per heavy atom. The van der Waals surface area contributed by atoms with Crippen molar-refractivity contribution in [1.82, 2.24) is 15.6 Å². The third-order valence-corrected chi connectivity index (χ3v) is 3.78. The monoisotopic (exact) mass is 354 g/mol. The van der Waals surface area contributed by atoms with Gasteiger partial charge in [0, 0.05) is 18.8 Å². The third kappa shape index (κ3) is 6.60. The molecular weight excluding hydrogens is 335 g/mol. The van der Waals surface area contributed by atoms with E-state index in [1.807, 2.05) is 0 Å². The lowest BCUT2D eigenvalue weighted by molar-refractivity contribution is -0.114. The predicted molar refractivity (Wildman–Crippen MR) is 88.8 cm³/mol. The molecule has 21 heavy (non-hydrogen) atoms. The van der Waals surface area contributed by atoms with Crippen molar-refractivity contribution in [2.75, 3.05) is 25.0 Å². The fraction of sp³-hybridized carbons (Fsp3) is 0.583. The molecule has 2 heterocycles. The molecule has 1 atom stereocenters. The van der Waals surface area contributed by atoms with Gasteiger partial charge in [0.2, 0.25) is 5.91 Å². The number of amides is 2. The highest BCUT2D eigenvalue weighted by atomic mass is 35.5. The molecule has 6 nitrogen and oxygen atoms in total. The SMILES string of the molecule is CC(=O)Nc1nc(C(=O)NCCC2CCNC2)cs1.Cl.Cl. The van der Waals surface area contributed by atoms with Gasteiger partial charge in [-0.25, -0.2) is 4.98 Å². The highest BCUT2D eigenvalue weighted by Crippen LogP contribution is 2.15. The Bertz CT molecular complexity index is 464. The van der Waals surface area contributed by atoms with Crippen molar-refractivity contribution in [3.8, 4) is 0 Å². The second-order valence-corrected chi connectivity index (χ2v) is 5.48. The average Bonchev–Trinajstić information content (AvgIpc) is 2.99. The number of aromatic nitrogens is 1. The summed E-state index contributed by atoms with van der Waals surface area (Å²) in [6.45, 7) is 4.19. The van der Waals surface area contributed by atoms with Crippen LogP contribution in [0.4, 0.5) is 5.13 Å². The number of rotatable bonds is 5. The van der Waals surface area contributed by atoms with Gasteiger partial charge in [-0.2, -0.15) is 0 Å². The number of nitrogens with zero attached hydrogens (tertiary/aromatic N) is 1. The van der Waals surface area contributed by atoms with Crippen molar-refractivity contribution >= 4 is 53.1 Å². The lowest BCUT2D eigenvalue weighted by Crippen LogP contribution is -2.26. The van der Waals surface area contributed by atoms with E-state index in [1.165, 1.54) is 24.7 Å². The second-order valence-electron chi connectivity index (χ2n) is 4.62. The maximum absolute atomic E-state index is 11.8.